The summed E-state index contributed by atoms with van der Waals surface area (Å²) in [7, 11) is 1.95. The molecule has 3 nitrogen and oxygen atoms in total. The van der Waals surface area contributed by atoms with Gasteiger partial charge in [-0.15, -0.1) is 0 Å². The lowest BCUT2D eigenvalue weighted by atomic mass is 10.2. The SMILES string of the molecule is Cn1ccc([C@@H]2C[C@H]2CN)n1. The number of aromatic nitrogens is 2. The molecule has 60 valence electrons. The van der Waals surface area contributed by atoms with Crippen molar-refractivity contribution in [1.29, 1.82) is 0 Å². The second kappa shape index (κ2) is 2.34. The predicted octanol–water partition coefficient (Wildman–Crippen LogP) is 0.482. The van der Waals surface area contributed by atoms with Crippen molar-refractivity contribution in [1.82, 2.24) is 9.78 Å². The minimum absolute atomic E-state index is 0.654. The van der Waals surface area contributed by atoms with Crippen LogP contribution >= 0.6 is 0 Å². The summed E-state index contributed by atoms with van der Waals surface area (Å²) in [6.07, 6.45) is 3.22. The van der Waals surface area contributed by atoms with E-state index >= 15 is 0 Å². The lowest BCUT2D eigenvalue weighted by Gasteiger charge is -1.90. The van der Waals surface area contributed by atoms with Crippen molar-refractivity contribution < 1.29 is 0 Å². The highest BCUT2D eigenvalue weighted by molar-refractivity contribution is 5.16. The average Bonchev–Trinajstić information content (AvgIpc) is 2.68. The van der Waals surface area contributed by atoms with Gasteiger partial charge in [-0.05, 0) is 24.9 Å². The summed E-state index contributed by atoms with van der Waals surface area (Å²) in [5, 5.41) is 4.33. The molecule has 0 saturated heterocycles. The minimum atomic E-state index is 0.654. The van der Waals surface area contributed by atoms with Gasteiger partial charge in [-0.2, -0.15) is 5.10 Å². The molecule has 1 aliphatic rings. The maximum Gasteiger partial charge on any atom is 0.0658 e. The first kappa shape index (κ1) is 6.85. The number of hydrogen-bond acceptors (Lipinski definition) is 2. The molecule has 0 aliphatic heterocycles. The number of hydrogen-bond donors (Lipinski definition) is 1. The summed E-state index contributed by atoms with van der Waals surface area (Å²) in [5.41, 5.74) is 6.74. The van der Waals surface area contributed by atoms with Crippen molar-refractivity contribution in [2.75, 3.05) is 6.54 Å². The molecule has 0 bridgehead atoms. The van der Waals surface area contributed by atoms with E-state index in [1.807, 2.05) is 17.9 Å². The molecule has 1 aromatic heterocycles. The number of rotatable bonds is 2. The van der Waals surface area contributed by atoms with Gasteiger partial charge < -0.3 is 5.73 Å². The van der Waals surface area contributed by atoms with Gasteiger partial charge >= 0.3 is 0 Å². The van der Waals surface area contributed by atoms with Crippen molar-refractivity contribution in [2.45, 2.75) is 12.3 Å². The maximum absolute atomic E-state index is 5.53. The Morgan fingerprint density at radius 3 is 3.09 bits per heavy atom. The van der Waals surface area contributed by atoms with Crippen LogP contribution in [0.4, 0.5) is 0 Å². The van der Waals surface area contributed by atoms with Gasteiger partial charge in [0.05, 0.1) is 5.69 Å². The van der Waals surface area contributed by atoms with E-state index in [1.165, 1.54) is 12.1 Å². The molecule has 2 N–H and O–H groups in total. The quantitative estimate of drug-likeness (QED) is 0.668. The minimum Gasteiger partial charge on any atom is -0.330 e. The third-order valence-electron chi connectivity index (χ3n) is 2.34. The van der Waals surface area contributed by atoms with Gasteiger partial charge in [-0.3, -0.25) is 4.68 Å². The van der Waals surface area contributed by atoms with Crippen LogP contribution in [-0.2, 0) is 7.05 Å². The number of aryl methyl sites for hydroxylation is 1. The van der Waals surface area contributed by atoms with Gasteiger partial charge in [0, 0.05) is 19.2 Å². The molecule has 0 radical (unpaired) electrons. The normalized spacial score (nSPS) is 28.9. The maximum atomic E-state index is 5.53. The van der Waals surface area contributed by atoms with Crippen LogP contribution in [0.2, 0.25) is 0 Å². The van der Waals surface area contributed by atoms with Gasteiger partial charge in [-0.25, -0.2) is 0 Å². The molecular weight excluding hydrogens is 138 g/mol. The molecule has 1 fully saturated rings. The molecule has 11 heavy (non-hydrogen) atoms. The second-order valence-corrected chi connectivity index (χ2v) is 3.25. The smallest absolute Gasteiger partial charge is 0.0658 e. The highest BCUT2D eigenvalue weighted by atomic mass is 15.2. The van der Waals surface area contributed by atoms with Gasteiger partial charge in [0.25, 0.3) is 0 Å². The van der Waals surface area contributed by atoms with E-state index in [1.54, 1.807) is 0 Å². The van der Waals surface area contributed by atoms with Crippen molar-refractivity contribution in [3.8, 4) is 0 Å². The zero-order chi connectivity index (χ0) is 7.84. The Kier molecular flexibility index (Phi) is 1.46. The fraction of sp³-hybridized carbons (Fsp3) is 0.625. The molecule has 3 heteroatoms. The van der Waals surface area contributed by atoms with Crippen LogP contribution in [0.25, 0.3) is 0 Å². The molecular formula is C8H13N3. The fourth-order valence-corrected chi connectivity index (χ4v) is 1.50. The van der Waals surface area contributed by atoms with E-state index < -0.39 is 0 Å². The third kappa shape index (κ3) is 1.16. The summed E-state index contributed by atoms with van der Waals surface area (Å²) in [6, 6.07) is 2.08. The van der Waals surface area contributed by atoms with E-state index in [9.17, 15) is 0 Å². The van der Waals surface area contributed by atoms with E-state index in [-0.39, 0.29) is 0 Å². The Morgan fingerprint density at radius 1 is 1.82 bits per heavy atom. The van der Waals surface area contributed by atoms with Gasteiger partial charge in [0.15, 0.2) is 0 Å². The van der Waals surface area contributed by atoms with E-state index in [2.05, 4.69) is 11.2 Å². The van der Waals surface area contributed by atoms with Gasteiger partial charge in [0.2, 0.25) is 0 Å². The third-order valence-corrected chi connectivity index (χ3v) is 2.34. The number of nitrogens with zero attached hydrogens (tertiary/aromatic N) is 2. The topological polar surface area (TPSA) is 43.8 Å². The van der Waals surface area contributed by atoms with Gasteiger partial charge in [-0.1, -0.05) is 0 Å². The summed E-state index contributed by atoms with van der Waals surface area (Å²) < 4.78 is 1.85. The van der Waals surface area contributed by atoms with Crippen molar-refractivity contribution >= 4 is 0 Å². The highest BCUT2D eigenvalue weighted by Gasteiger charge is 2.38. The molecule has 0 spiro atoms. The van der Waals surface area contributed by atoms with Crippen LogP contribution < -0.4 is 5.73 Å². The average molecular weight is 151 g/mol. The van der Waals surface area contributed by atoms with Crippen LogP contribution in [0.1, 0.15) is 18.0 Å². The van der Waals surface area contributed by atoms with Crippen molar-refractivity contribution in [2.24, 2.45) is 18.7 Å². The lowest BCUT2D eigenvalue weighted by Crippen LogP contribution is -2.02. The lowest BCUT2D eigenvalue weighted by molar-refractivity contribution is 0.725. The Morgan fingerprint density at radius 2 is 2.64 bits per heavy atom. The summed E-state index contributed by atoms with van der Waals surface area (Å²) in [6.45, 7) is 0.807. The monoisotopic (exact) mass is 151 g/mol. The van der Waals surface area contributed by atoms with Crippen LogP contribution in [-0.4, -0.2) is 16.3 Å². The standard InChI is InChI=1S/C8H13N3/c1-11-3-2-8(10-11)7-4-6(7)5-9/h2-3,6-7H,4-5,9H2,1H3/t6-,7+/m0/s1. The van der Waals surface area contributed by atoms with E-state index in [0.29, 0.717) is 11.8 Å². The molecule has 1 aromatic rings. The molecule has 2 rings (SSSR count). The van der Waals surface area contributed by atoms with E-state index in [4.69, 9.17) is 5.73 Å². The predicted molar refractivity (Wildman–Crippen MR) is 43.1 cm³/mol. The first-order chi connectivity index (χ1) is 5.31. The molecule has 0 unspecified atom stereocenters. The Bertz CT molecular complexity index is 254. The summed E-state index contributed by atoms with van der Waals surface area (Å²) in [5.74, 6) is 1.35. The molecule has 0 amide bonds. The summed E-state index contributed by atoms with van der Waals surface area (Å²) >= 11 is 0. The zero-order valence-electron chi connectivity index (χ0n) is 6.70. The Hall–Kier alpha value is -0.830. The van der Waals surface area contributed by atoms with Crippen LogP contribution in [0.15, 0.2) is 12.3 Å². The molecule has 2 atom stereocenters. The van der Waals surface area contributed by atoms with E-state index in [0.717, 1.165) is 6.54 Å². The fourth-order valence-electron chi connectivity index (χ4n) is 1.50. The second-order valence-electron chi connectivity index (χ2n) is 3.25. The Labute approximate surface area is 66.2 Å². The molecule has 1 heterocycles. The van der Waals surface area contributed by atoms with Gasteiger partial charge in [0.1, 0.15) is 0 Å². The zero-order valence-corrected chi connectivity index (χ0v) is 6.70. The van der Waals surface area contributed by atoms with Crippen molar-refractivity contribution in [3.63, 3.8) is 0 Å². The largest absolute Gasteiger partial charge is 0.330 e. The first-order valence-corrected chi connectivity index (χ1v) is 4.01. The summed E-state index contributed by atoms with van der Waals surface area (Å²) in [4.78, 5) is 0. The number of nitrogens with two attached hydrogens (primary N) is 1. The van der Waals surface area contributed by atoms with Crippen LogP contribution in [0.3, 0.4) is 0 Å². The first-order valence-electron chi connectivity index (χ1n) is 4.01. The molecule has 0 aromatic carbocycles. The molecule has 1 saturated carbocycles. The van der Waals surface area contributed by atoms with Crippen LogP contribution in [0, 0.1) is 5.92 Å². The van der Waals surface area contributed by atoms with Crippen LogP contribution in [0.5, 0.6) is 0 Å². The van der Waals surface area contributed by atoms with Crippen molar-refractivity contribution in [3.05, 3.63) is 18.0 Å². The Balaban J connectivity index is 2.08. The highest BCUT2D eigenvalue weighted by Crippen LogP contribution is 2.45. The molecule has 1 aliphatic carbocycles.